The maximum atomic E-state index is 14.2. The molecule has 2 unspecified atom stereocenters. The number of hydrogen-bond acceptors (Lipinski definition) is 4. The number of para-hydroxylation sites is 1. The number of aliphatic imine (C=N–C) groups is 1. The van der Waals surface area contributed by atoms with Crippen molar-refractivity contribution in [1.29, 1.82) is 0 Å². The molecule has 3 rings (SSSR count). The van der Waals surface area contributed by atoms with E-state index in [1.54, 1.807) is 11.0 Å². The van der Waals surface area contributed by atoms with Crippen molar-refractivity contribution in [3.63, 3.8) is 0 Å². The van der Waals surface area contributed by atoms with Crippen LogP contribution in [0.5, 0.6) is 0 Å². The highest BCUT2D eigenvalue weighted by atomic mass is 31.1. The average molecular weight is 405 g/mol. The van der Waals surface area contributed by atoms with Gasteiger partial charge >= 0.3 is 0 Å². The van der Waals surface area contributed by atoms with Crippen LogP contribution in [-0.2, 0) is 4.79 Å². The van der Waals surface area contributed by atoms with E-state index in [9.17, 15) is 14.3 Å². The number of nitrogens with one attached hydrogen (secondary N) is 1. The Bertz CT molecular complexity index is 865. The molecule has 0 fully saturated rings. The quantitative estimate of drug-likeness (QED) is 0.742. The van der Waals surface area contributed by atoms with E-state index in [-0.39, 0.29) is 48.3 Å². The summed E-state index contributed by atoms with van der Waals surface area (Å²) in [5.74, 6) is -0.405. The lowest BCUT2D eigenvalue weighted by atomic mass is 9.84. The summed E-state index contributed by atoms with van der Waals surface area (Å²) >= 11 is 0. The summed E-state index contributed by atoms with van der Waals surface area (Å²) in [6, 6.07) is 4.37. The fraction of sp³-hybridized carbons (Fsp3) is 0.524. The number of nitrogens with zero attached hydrogens (tertiary/aromatic N) is 2. The van der Waals surface area contributed by atoms with Gasteiger partial charge in [-0.1, -0.05) is 53.7 Å². The molecular weight excluding hydrogens is 376 g/mol. The van der Waals surface area contributed by atoms with Gasteiger partial charge in [0.05, 0.1) is 6.04 Å². The molecule has 152 valence electrons. The normalized spacial score (nSPS) is 21.1. The molecule has 1 aromatic carbocycles. The van der Waals surface area contributed by atoms with Crippen molar-refractivity contribution in [1.82, 2.24) is 9.99 Å². The van der Waals surface area contributed by atoms with E-state index in [0.29, 0.717) is 6.54 Å². The van der Waals surface area contributed by atoms with Crippen LogP contribution in [0.4, 0.5) is 10.1 Å². The van der Waals surface area contributed by atoms with E-state index >= 15 is 0 Å². The van der Waals surface area contributed by atoms with E-state index in [0.717, 1.165) is 11.7 Å². The molecule has 1 amide bonds. The van der Waals surface area contributed by atoms with Crippen LogP contribution in [0, 0.1) is 16.6 Å². The minimum absolute atomic E-state index is 0.0160. The van der Waals surface area contributed by atoms with Gasteiger partial charge in [-0.2, -0.15) is 0 Å². The highest BCUT2D eigenvalue weighted by molar-refractivity contribution is 7.46. The van der Waals surface area contributed by atoms with E-state index < -0.39 is 11.9 Å². The van der Waals surface area contributed by atoms with Crippen LogP contribution < -0.4 is 10.4 Å². The molecule has 0 saturated heterocycles. The third-order valence-corrected chi connectivity index (χ3v) is 6.02. The fourth-order valence-electron chi connectivity index (χ4n) is 3.56. The molecule has 1 aromatic rings. The Kier molecular flexibility index (Phi) is 5.30. The summed E-state index contributed by atoms with van der Waals surface area (Å²) in [6.45, 7) is 12.9. The molecule has 0 radical (unpaired) electrons. The second-order valence-electron chi connectivity index (χ2n) is 9.68. The molecular formula is C21H29FN3O2P. The zero-order chi connectivity index (χ0) is 20.9. The highest BCUT2D eigenvalue weighted by Gasteiger charge is 2.47. The number of carbonyl (C=O) groups excluding carboxylic acids is 1. The molecule has 5 nitrogen and oxygen atoms in total. The van der Waals surface area contributed by atoms with E-state index in [1.165, 1.54) is 6.07 Å². The van der Waals surface area contributed by atoms with Gasteiger partial charge in [0.1, 0.15) is 28.7 Å². The van der Waals surface area contributed by atoms with Gasteiger partial charge in [-0.15, -0.1) is 0 Å². The molecule has 0 saturated carbocycles. The highest BCUT2D eigenvalue weighted by Crippen LogP contribution is 2.39. The average Bonchev–Trinajstić information content (AvgIpc) is 2.83. The smallest absolute Gasteiger partial charge is 0.261 e. The SMILES string of the molecule is CC(C)(C)CCN1C(=O)C(C2=Nc3c(F)cccc3PN2)=C(O)C1C(C)(C)C. The summed E-state index contributed by atoms with van der Waals surface area (Å²) < 4.78 is 14.2. The Morgan fingerprint density at radius 3 is 2.54 bits per heavy atom. The van der Waals surface area contributed by atoms with Gasteiger partial charge in [-0.3, -0.25) is 4.79 Å². The molecule has 2 heterocycles. The number of benzene rings is 1. The largest absolute Gasteiger partial charge is 0.509 e. The molecule has 7 heteroatoms. The second kappa shape index (κ2) is 7.14. The van der Waals surface area contributed by atoms with Crippen molar-refractivity contribution < 1.29 is 14.3 Å². The third-order valence-electron chi connectivity index (χ3n) is 4.99. The third kappa shape index (κ3) is 3.93. The van der Waals surface area contributed by atoms with Crippen molar-refractivity contribution in [2.45, 2.75) is 54.0 Å². The van der Waals surface area contributed by atoms with Crippen LogP contribution in [-0.4, -0.2) is 34.3 Å². The fourth-order valence-corrected chi connectivity index (χ4v) is 4.46. The number of halogens is 1. The monoisotopic (exact) mass is 405 g/mol. The van der Waals surface area contributed by atoms with Crippen LogP contribution >= 0.6 is 8.73 Å². The molecule has 0 aromatic heterocycles. The van der Waals surface area contributed by atoms with Crippen LogP contribution in [0.2, 0.25) is 0 Å². The maximum absolute atomic E-state index is 14.2. The van der Waals surface area contributed by atoms with Gasteiger partial charge in [-0.05, 0) is 23.3 Å². The van der Waals surface area contributed by atoms with Crippen LogP contribution in [0.1, 0.15) is 48.0 Å². The zero-order valence-electron chi connectivity index (χ0n) is 17.4. The number of aliphatic hydroxyl groups excluding tert-OH is 1. The Labute approximate surface area is 168 Å². The lowest BCUT2D eigenvalue weighted by Crippen LogP contribution is -2.45. The molecule has 2 aliphatic rings. The summed E-state index contributed by atoms with van der Waals surface area (Å²) in [7, 11) is 0.0815. The number of aliphatic hydroxyl groups is 1. The van der Waals surface area contributed by atoms with Gasteiger partial charge in [0, 0.05) is 20.6 Å². The van der Waals surface area contributed by atoms with E-state index in [4.69, 9.17) is 0 Å². The predicted octanol–water partition coefficient (Wildman–Crippen LogP) is 4.18. The van der Waals surface area contributed by atoms with E-state index in [2.05, 4.69) is 30.9 Å². The van der Waals surface area contributed by atoms with Crippen molar-refractivity contribution in [2.24, 2.45) is 15.8 Å². The Hall–Kier alpha value is -1.94. The molecule has 2 aliphatic heterocycles. The van der Waals surface area contributed by atoms with Crippen molar-refractivity contribution >= 4 is 31.5 Å². The first-order chi connectivity index (χ1) is 12.9. The standard InChI is InChI=1S/C21H29FN3O2P/c1-20(2,3)10-11-25-17(21(4,5)6)16(26)14(19(25)27)18-23-15-12(22)8-7-9-13(15)28-24-18/h7-9,17,26,28H,10-11H2,1-6H3,(H,23,24). The summed E-state index contributed by atoms with van der Waals surface area (Å²) in [4.78, 5) is 19.4. The first-order valence-corrected chi connectivity index (χ1v) is 10.5. The topological polar surface area (TPSA) is 64.9 Å². The van der Waals surface area contributed by atoms with Crippen molar-refractivity contribution in [3.8, 4) is 0 Å². The van der Waals surface area contributed by atoms with Crippen LogP contribution in [0.15, 0.2) is 34.5 Å². The molecule has 0 bridgehead atoms. The Morgan fingerprint density at radius 2 is 1.93 bits per heavy atom. The first-order valence-electron chi connectivity index (χ1n) is 9.54. The molecule has 0 spiro atoms. The Balaban J connectivity index is 2.02. The lowest BCUT2D eigenvalue weighted by molar-refractivity contribution is -0.128. The molecule has 2 atom stereocenters. The second-order valence-corrected chi connectivity index (χ2v) is 10.7. The lowest BCUT2D eigenvalue weighted by Gasteiger charge is -2.36. The Morgan fingerprint density at radius 1 is 1.25 bits per heavy atom. The van der Waals surface area contributed by atoms with Gasteiger partial charge in [0.2, 0.25) is 0 Å². The zero-order valence-corrected chi connectivity index (χ0v) is 18.4. The molecule has 0 aliphatic carbocycles. The summed E-state index contributed by atoms with van der Waals surface area (Å²) in [6.07, 6.45) is 0.811. The first kappa shape index (κ1) is 20.8. The number of amides is 1. The molecule has 2 N–H and O–H groups in total. The maximum Gasteiger partial charge on any atom is 0.261 e. The van der Waals surface area contributed by atoms with Gasteiger partial charge in [-0.25, -0.2) is 9.38 Å². The summed E-state index contributed by atoms with van der Waals surface area (Å²) in [5, 5.41) is 14.9. The number of amidine groups is 1. The minimum atomic E-state index is -0.438. The number of rotatable bonds is 3. The van der Waals surface area contributed by atoms with Crippen molar-refractivity contribution in [3.05, 3.63) is 35.3 Å². The minimum Gasteiger partial charge on any atom is -0.509 e. The molecule has 28 heavy (non-hydrogen) atoms. The predicted molar refractivity (Wildman–Crippen MR) is 113 cm³/mol. The van der Waals surface area contributed by atoms with E-state index in [1.807, 2.05) is 26.8 Å². The van der Waals surface area contributed by atoms with Crippen LogP contribution in [0.3, 0.4) is 0 Å². The summed E-state index contributed by atoms with van der Waals surface area (Å²) in [5.41, 5.74) is 0.115. The number of carbonyl (C=O) groups is 1. The number of fused-ring (bicyclic) bond motifs is 1. The van der Waals surface area contributed by atoms with Crippen LogP contribution in [0.25, 0.3) is 0 Å². The van der Waals surface area contributed by atoms with Gasteiger partial charge in [0.25, 0.3) is 5.91 Å². The van der Waals surface area contributed by atoms with Crippen molar-refractivity contribution in [2.75, 3.05) is 6.54 Å². The van der Waals surface area contributed by atoms with Gasteiger partial charge in [0.15, 0.2) is 0 Å². The number of hydrogen-bond donors (Lipinski definition) is 2. The van der Waals surface area contributed by atoms with Gasteiger partial charge < -0.3 is 15.1 Å².